The van der Waals surface area contributed by atoms with Crippen molar-refractivity contribution in [3.8, 4) is 11.5 Å². The van der Waals surface area contributed by atoms with Gasteiger partial charge in [0.05, 0.1) is 25.3 Å². The third kappa shape index (κ3) is 4.22. The second-order valence-electron chi connectivity index (χ2n) is 6.34. The molecule has 0 bridgehead atoms. The molecule has 2 aromatic carbocycles. The molecule has 1 fully saturated rings. The first kappa shape index (κ1) is 18.8. The molecular weight excluding hydrogens is 344 g/mol. The summed E-state index contributed by atoms with van der Waals surface area (Å²) in [6.45, 7) is 3.13. The lowest BCUT2D eigenvalue weighted by Crippen LogP contribution is -2.32. The maximum absolute atomic E-state index is 12.6. The van der Waals surface area contributed by atoms with E-state index in [-0.39, 0.29) is 24.2 Å². The first-order valence-electron chi connectivity index (χ1n) is 9.05. The summed E-state index contributed by atoms with van der Waals surface area (Å²) < 4.78 is 10.9. The van der Waals surface area contributed by atoms with Crippen LogP contribution in [0.1, 0.15) is 18.9 Å². The number of carbonyl (C=O) groups is 2. The highest BCUT2D eigenvalue weighted by atomic mass is 16.5. The number of hydrogen-bond donors (Lipinski definition) is 1. The van der Waals surface area contributed by atoms with Crippen molar-refractivity contribution in [2.75, 3.05) is 25.2 Å². The molecule has 1 atom stereocenters. The van der Waals surface area contributed by atoms with Gasteiger partial charge in [-0.1, -0.05) is 30.3 Å². The average Bonchev–Trinajstić information content (AvgIpc) is 3.08. The van der Waals surface area contributed by atoms with Crippen molar-refractivity contribution in [2.24, 2.45) is 5.92 Å². The van der Waals surface area contributed by atoms with E-state index in [2.05, 4.69) is 5.32 Å². The summed E-state index contributed by atoms with van der Waals surface area (Å²) in [5, 5.41) is 2.92. The van der Waals surface area contributed by atoms with E-state index in [9.17, 15) is 9.59 Å². The lowest BCUT2D eigenvalue weighted by Gasteiger charge is -2.20. The predicted molar refractivity (Wildman–Crippen MR) is 103 cm³/mol. The zero-order chi connectivity index (χ0) is 19.2. The monoisotopic (exact) mass is 368 g/mol. The zero-order valence-corrected chi connectivity index (χ0v) is 15.6. The maximum Gasteiger partial charge on any atom is 0.227 e. The van der Waals surface area contributed by atoms with E-state index in [1.807, 2.05) is 55.5 Å². The number of para-hydroxylation sites is 3. The average molecular weight is 368 g/mol. The Hall–Kier alpha value is -3.02. The zero-order valence-electron chi connectivity index (χ0n) is 15.6. The SMILES string of the molecule is CCOc1ccccc1N1C[C@H](C(=O)NCc2ccccc2OC)CC1=O. The van der Waals surface area contributed by atoms with Gasteiger partial charge in [0.25, 0.3) is 0 Å². The quantitative estimate of drug-likeness (QED) is 0.816. The fourth-order valence-corrected chi connectivity index (χ4v) is 3.25. The summed E-state index contributed by atoms with van der Waals surface area (Å²) in [5.41, 5.74) is 1.61. The van der Waals surface area contributed by atoms with Crippen LogP contribution in [-0.2, 0) is 16.1 Å². The van der Waals surface area contributed by atoms with Crippen molar-refractivity contribution in [2.45, 2.75) is 19.9 Å². The van der Waals surface area contributed by atoms with E-state index >= 15 is 0 Å². The number of anilines is 1. The van der Waals surface area contributed by atoms with Crippen molar-refractivity contribution in [3.05, 3.63) is 54.1 Å². The van der Waals surface area contributed by atoms with Gasteiger partial charge in [0, 0.05) is 25.1 Å². The topological polar surface area (TPSA) is 67.9 Å². The summed E-state index contributed by atoms with van der Waals surface area (Å²) >= 11 is 0. The molecule has 0 radical (unpaired) electrons. The second kappa shape index (κ2) is 8.58. The molecule has 1 heterocycles. The molecule has 6 heteroatoms. The third-order valence-electron chi connectivity index (χ3n) is 4.60. The fraction of sp³-hybridized carbons (Fsp3) is 0.333. The molecule has 2 aromatic rings. The highest BCUT2D eigenvalue weighted by Gasteiger charge is 2.36. The van der Waals surface area contributed by atoms with E-state index in [4.69, 9.17) is 9.47 Å². The molecule has 1 aliphatic heterocycles. The van der Waals surface area contributed by atoms with Gasteiger partial charge in [0.15, 0.2) is 0 Å². The molecule has 142 valence electrons. The fourth-order valence-electron chi connectivity index (χ4n) is 3.25. The van der Waals surface area contributed by atoms with E-state index in [1.54, 1.807) is 12.0 Å². The smallest absolute Gasteiger partial charge is 0.227 e. The summed E-state index contributed by atoms with van der Waals surface area (Å²) in [7, 11) is 1.60. The van der Waals surface area contributed by atoms with E-state index in [0.29, 0.717) is 31.1 Å². The Balaban J connectivity index is 1.66. The van der Waals surface area contributed by atoms with Crippen molar-refractivity contribution in [1.82, 2.24) is 5.32 Å². The van der Waals surface area contributed by atoms with Crippen LogP contribution in [0.4, 0.5) is 5.69 Å². The number of rotatable bonds is 7. The van der Waals surface area contributed by atoms with Crippen molar-refractivity contribution >= 4 is 17.5 Å². The van der Waals surface area contributed by atoms with Crippen LogP contribution in [0.5, 0.6) is 11.5 Å². The summed E-state index contributed by atoms with van der Waals surface area (Å²) in [5.74, 6) is 0.795. The molecular formula is C21H24N2O4. The molecule has 0 aromatic heterocycles. The normalized spacial score (nSPS) is 16.3. The van der Waals surface area contributed by atoms with Gasteiger partial charge in [0.1, 0.15) is 11.5 Å². The standard InChI is InChI=1S/C21H24N2O4/c1-3-27-19-11-7-5-9-17(19)23-14-16(12-20(23)24)21(25)22-13-15-8-4-6-10-18(15)26-2/h4-11,16H,3,12-14H2,1-2H3,(H,22,25)/t16-/m1/s1. The number of benzene rings is 2. The molecule has 0 spiro atoms. The molecule has 6 nitrogen and oxygen atoms in total. The number of nitrogens with one attached hydrogen (secondary N) is 1. The van der Waals surface area contributed by atoms with Gasteiger partial charge in [-0.05, 0) is 25.1 Å². The van der Waals surface area contributed by atoms with Gasteiger partial charge in [-0.15, -0.1) is 0 Å². The lowest BCUT2D eigenvalue weighted by molar-refractivity contribution is -0.126. The van der Waals surface area contributed by atoms with Crippen LogP contribution in [0.2, 0.25) is 0 Å². The van der Waals surface area contributed by atoms with E-state index in [0.717, 1.165) is 11.3 Å². The predicted octanol–water partition coefficient (Wildman–Crippen LogP) is 2.76. The number of nitrogens with zero attached hydrogens (tertiary/aromatic N) is 1. The third-order valence-corrected chi connectivity index (χ3v) is 4.60. The van der Waals surface area contributed by atoms with Crippen LogP contribution in [0.15, 0.2) is 48.5 Å². The molecule has 2 amide bonds. The Morgan fingerprint density at radius 3 is 2.59 bits per heavy atom. The first-order valence-corrected chi connectivity index (χ1v) is 9.05. The Morgan fingerprint density at radius 2 is 1.85 bits per heavy atom. The molecule has 0 aliphatic carbocycles. The van der Waals surface area contributed by atoms with Gasteiger partial charge in [-0.3, -0.25) is 9.59 Å². The van der Waals surface area contributed by atoms with E-state index in [1.165, 1.54) is 0 Å². The van der Waals surface area contributed by atoms with Gasteiger partial charge < -0.3 is 19.7 Å². The van der Waals surface area contributed by atoms with Crippen molar-refractivity contribution in [1.29, 1.82) is 0 Å². The Kier molecular flexibility index (Phi) is 5.96. The van der Waals surface area contributed by atoms with Crippen molar-refractivity contribution < 1.29 is 19.1 Å². The molecule has 0 saturated carbocycles. The van der Waals surface area contributed by atoms with Crippen LogP contribution in [0, 0.1) is 5.92 Å². The molecule has 1 saturated heterocycles. The van der Waals surface area contributed by atoms with Crippen molar-refractivity contribution in [3.63, 3.8) is 0 Å². The largest absolute Gasteiger partial charge is 0.496 e. The summed E-state index contributed by atoms with van der Waals surface area (Å²) in [6.07, 6.45) is 0.193. The Labute approximate surface area is 159 Å². The highest BCUT2D eigenvalue weighted by Crippen LogP contribution is 2.33. The molecule has 0 unspecified atom stereocenters. The Morgan fingerprint density at radius 1 is 1.15 bits per heavy atom. The minimum atomic E-state index is -0.387. The maximum atomic E-state index is 12.6. The number of carbonyl (C=O) groups excluding carboxylic acids is 2. The minimum Gasteiger partial charge on any atom is -0.496 e. The first-order chi connectivity index (χ1) is 13.1. The van der Waals surface area contributed by atoms with Crippen LogP contribution in [0.25, 0.3) is 0 Å². The van der Waals surface area contributed by atoms with Crippen LogP contribution in [0.3, 0.4) is 0 Å². The number of amides is 2. The number of hydrogen-bond acceptors (Lipinski definition) is 4. The Bertz CT molecular complexity index is 821. The van der Waals surface area contributed by atoms with Crippen LogP contribution >= 0.6 is 0 Å². The molecule has 1 N–H and O–H groups in total. The second-order valence-corrected chi connectivity index (χ2v) is 6.34. The summed E-state index contributed by atoms with van der Waals surface area (Å²) in [6, 6.07) is 14.9. The van der Waals surface area contributed by atoms with Gasteiger partial charge in [0.2, 0.25) is 11.8 Å². The van der Waals surface area contributed by atoms with Gasteiger partial charge in [-0.25, -0.2) is 0 Å². The van der Waals surface area contributed by atoms with E-state index < -0.39 is 0 Å². The number of ether oxygens (including phenoxy) is 2. The van der Waals surface area contributed by atoms with Crippen LogP contribution in [-0.4, -0.2) is 32.1 Å². The summed E-state index contributed by atoms with van der Waals surface area (Å²) in [4.78, 5) is 26.7. The van der Waals surface area contributed by atoms with Gasteiger partial charge in [-0.2, -0.15) is 0 Å². The molecule has 1 aliphatic rings. The van der Waals surface area contributed by atoms with Gasteiger partial charge >= 0.3 is 0 Å². The highest BCUT2D eigenvalue weighted by molar-refractivity contribution is 6.01. The number of methoxy groups -OCH3 is 1. The lowest BCUT2D eigenvalue weighted by atomic mass is 10.1. The van der Waals surface area contributed by atoms with Crippen LogP contribution < -0.4 is 19.7 Å². The molecule has 3 rings (SSSR count). The minimum absolute atomic E-state index is 0.0698. The molecule has 27 heavy (non-hydrogen) atoms.